The maximum Gasteiger partial charge on any atom is 0.301 e. The lowest BCUT2D eigenvalue weighted by Gasteiger charge is -2.15. The molecular formula is C15H11NO4S. The van der Waals surface area contributed by atoms with Crippen molar-refractivity contribution in [2.75, 3.05) is 12.0 Å². The third kappa shape index (κ3) is 2.09. The van der Waals surface area contributed by atoms with Gasteiger partial charge in [0.25, 0.3) is 5.91 Å². The van der Waals surface area contributed by atoms with E-state index in [1.807, 2.05) is 0 Å². The van der Waals surface area contributed by atoms with Crippen molar-refractivity contribution in [3.8, 4) is 5.75 Å². The number of aliphatic hydroxyl groups excluding tert-OH is 1. The molecule has 2 aromatic rings. The van der Waals surface area contributed by atoms with Crippen molar-refractivity contribution in [2.24, 2.45) is 0 Å². The van der Waals surface area contributed by atoms with Crippen LogP contribution in [-0.2, 0) is 9.59 Å². The fourth-order valence-corrected chi connectivity index (χ4v) is 2.91. The molecule has 1 aliphatic rings. The summed E-state index contributed by atoms with van der Waals surface area (Å²) in [5.41, 5.74) is 0.403. The maximum absolute atomic E-state index is 12.5. The average molecular weight is 301 g/mol. The van der Waals surface area contributed by atoms with Gasteiger partial charge in [0.2, 0.25) is 0 Å². The zero-order valence-corrected chi connectivity index (χ0v) is 11.9. The van der Waals surface area contributed by atoms with E-state index in [0.29, 0.717) is 16.3 Å². The Morgan fingerprint density at radius 3 is 2.62 bits per heavy atom. The van der Waals surface area contributed by atoms with Crippen molar-refractivity contribution in [3.05, 3.63) is 52.4 Å². The number of benzene rings is 1. The second-order valence-corrected chi connectivity index (χ2v) is 5.30. The largest absolute Gasteiger partial charge is 0.502 e. The zero-order chi connectivity index (χ0) is 15.0. The summed E-state index contributed by atoms with van der Waals surface area (Å²) in [6, 6.07) is 10.0. The standard InChI is InChI=1S/C15H11NO4S/c1-20-10-5-2-4-9(8-10)16-14(18)12(13(17)15(16)19)11-6-3-7-21-11/h2-8,17H,1H3. The van der Waals surface area contributed by atoms with Gasteiger partial charge in [0.15, 0.2) is 5.76 Å². The highest BCUT2D eigenvalue weighted by Gasteiger charge is 2.40. The SMILES string of the molecule is COc1cccc(N2C(=O)C(O)=C(c3cccs3)C2=O)c1. The smallest absolute Gasteiger partial charge is 0.301 e. The van der Waals surface area contributed by atoms with Crippen LogP contribution < -0.4 is 9.64 Å². The molecule has 21 heavy (non-hydrogen) atoms. The maximum atomic E-state index is 12.5. The van der Waals surface area contributed by atoms with E-state index in [9.17, 15) is 14.7 Å². The fourth-order valence-electron chi connectivity index (χ4n) is 2.15. The fraction of sp³-hybridized carbons (Fsp3) is 0.0667. The molecule has 0 saturated heterocycles. The number of imide groups is 1. The normalized spacial score (nSPS) is 15.0. The van der Waals surface area contributed by atoms with Gasteiger partial charge in [-0.1, -0.05) is 12.1 Å². The second kappa shape index (κ2) is 5.06. The molecule has 1 aromatic heterocycles. The number of hydrogen-bond donors (Lipinski definition) is 1. The van der Waals surface area contributed by atoms with Gasteiger partial charge in [0.1, 0.15) is 11.3 Å². The van der Waals surface area contributed by atoms with E-state index in [1.165, 1.54) is 18.4 Å². The Balaban J connectivity index is 2.04. The van der Waals surface area contributed by atoms with Crippen LogP contribution in [0.2, 0.25) is 0 Å². The molecule has 0 atom stereocenters. The Morgan fingerprint density at radius 2 is 1.95 bits per heavy atom. The number of thiophene rings is 1. The minimum absolute atomic E-state index is 0.0396. The molecule has 3 rings (SSSR count). The number of hydrogen-bond acceptors (Lipinski definition) is 5. The minimum Gasteiger partial charge on any atom is -0.502 e. The van der Waals surface area contributed by atoms with E-state index in [1.54, 1.807) is 41.8 Å². The molecule has 2 amide bonds. The summed E-state index contributed by atoms with van der Waals surface area (Å²) in [4.78, 5) is 26.2. The van der Waals surface area contributed by atoms with Gasteiger partial charge >= 0.3 is 5.91 Å². The van der Waals surface area contributed by atoms with Crippen LogP contribution in [-0.4, -0.2) is 24.0 Å². The number of anilines is 1. The first-order chi connectivity index (χ1) is 10.1. The summed E-state index contributed by atoms with van der Waals surface area (Å²) in [7, 11) is 1.50. The first kappa shape index (κ1) is 13.4. The molecule has 0 aliphatic carbocycles. The van der Waals surface area contributed by atoms with E-state index in [4.69, 9.17) is 4.74 Å². The second-order valence-electron chi connectivity index (χ2n) is 4.35. The van der Waals surface area contributed by atoms with Gasteiger partial charge in [-0.05, 0) is 23.6 Å². The topological polar surface area (TPSA) is 66.8 Å². The van der Waals surface area contributed by atoms with E-state index < -0.39 is 17.6 Å². The van der Waals surface area contributed by atoms with Gasteiger partial charge in [-0.3, -0.25) is 9.59 Å². The van der Waals surface area contributed by atoms with E-state index in [0.717, 1.165) is 4.90 Å². The Morgan fingerprint density at radius 1 is 1.14 bits per heavy atom. The van der Waals surface area contributed by atoms with Gasteiger partial charge in [0, 0.05) is 10.9 Å². The molecule has 5 nitrogen and oxygen atoms in total. The molecule has 0 radical (unpaired) electrons. The van der Waals surface area contributed by atoms with Crippen LogP contribution in [0.1, 0.15) is 4.88 Å². The first-order valence-electron chi connectivity index (χ1n) is 6.13. The van der Waals surface area contributed by atoms with Gasteiger partial charge < -0.3 is 9.84 Å². The van der Waals surface area contributed by atoms with Crippen molar-refractivity contribution in [1.82, 2.24) is 0 Å². The molecule has 0 saturated carbocycles. The summed E-state index contributed by atoms with van der Waals surface area (Å²) < 4.78 is 5.09. The van der Waals surface area contributed by atoms with E-state index >= 15 is 0 Å². The third-order valence-electron chi connectivity index (χ3n) is 3.14. The lowest BCUT2D eigenvalue weighted by molar-refractivity contribution is -0.121. The highest BCUT2D eigenvalue weighted by molar-refractivity contribution is 7.11. The van der Waals surface area contributed by atoms with Crippen molar-refractivity contribution < 1.29 is 19.4 Å². The van der Waals surface area contributed by atoms with Crippen molar-refractivity contribution in [2.45, 2.75) is 0 Å². The molecule has 1 N–H and O–H groups in total. The number of methoxy groups -OCH3 is 1. The monoisotopic (exact) mass is 301 g/mol. The molecule has 0 fully saturated rings. The molecule has 0 unspecified atom stereocenters. The van der Waals surface area contributed by atoms with Crippen molar-refractivity contribution in [3.63, 3.8) is 0 Å². The number of ether oxygens (including phenoxy) is 1. The van der Waals surface area contributed by atoms with Crippen LogP contribution in [0.3, 0.4) is 0 Å². The summed E-state index contributed by atoms with van der Waals surface area (Å²) in [5.74, 6) is -1.26. The van der Waals surface area contributed by atoms with E-state index in [-0.39, 0.29) is 5.57 Å². The summed E-state index contributed by atoms with van der Waals surface area (Å²) in [6.07, 6.45) is 0. The van der Waals surface area contributed by atoms with Gasteiger partial charge in [-0.15, -0.1) is 11.3 Å². The lowest BCUT2D eigenvalue weighted by Crippen LogP contribution is -2.31. The summed E-state index contributed by atoms with van der Waals surface area (Å²) in [6.45, 7) is 0. The molecule has 0 bridgehead atoms. The minimum atomic E-state index is -0.725. The van der Waals surface area contributed by atoms with E-state index in [2.05, 4.69) is 0 Å². The highest BCUT2D eigenvalue weighted by Crippen LogP contribution is 2.34. The van der Waals surface area contributed by atoms with Crippen LogP contribution in [0.15, 0.2) is 47.5 Å². The molecule has 2 heterocycles. The Hall–Kier alpha value is -2.60. The first-order valence-corrected chi connectivity index (χ1v) is 7.01. The van der Waals surface area contributed by atoms with Gasteiger partial charge in [0.05, 0.1) is 12.8 Å². The molecule has 6 heteroatoms. The number of nitrogens with zero attached hydrogens (tertiary/aromatic N) is 1. The molecule has 106 valence electrons. The van der Waals surface area contributed by atoms with Gasteiger partial charge in [-0.2, -0.15) is 0 Å². The molecule has 0 spiro atoms. The number of aliphatic hydroxyl groups is 1. The van der Waals surface area contributed by atoms with Crippen LogP contribution in [0, 0.1) is 0 Å². The Labute approximate surface area is 124 Å². The highest BCUT2D eigenvalue weighted by atomic mass is 32.1. The average Bonchev–Trinajstić information content (AvgIpc) is 3.08. The number of carbonyl (C=O) groups excluding carboxylic acids is 2. The molecular weight excluding hydrogens is 290 g/mol. The Bertz CT molecular complexity index is 749. The van der Waals surface area contributed by atoms with Crippen molar-refractivity contribution in [1.29, 1.82) is 0 Å². The number of rotatable bonds is 3. The summed E-state index contributed by atoms with van der Waals surface area (Å²) in [5, 5.41) is 11.8. The van der Waals surface area contributed by atoms with Crippen molar-refractivity contribution >= 4 is 34.4 Å². The zero-order valence-electron chi connectivity index (χ0n) is 11.1. The van der Waals surface area contributed by atoms with Crippen LogP contribution in [0.25, 0.3) is 5.57 Å². The van der Waals surface area contributed by atoms with Crippen LogP contribution in [0.5, 0.6) is 5.75 Å². The van der Waals surface area contributed by atoms with Crippen LogP contribution in [0.4, 0.5) is 5.69 Å². The van der Waals surface area contributed by atoms with Gasteiger partial charge in [-0.25, -0.2) is 4.90 Å². The Kier molecular flexibility index (Phi) is 3.23. The predicted octanol–water partition coefficient (Wildman–Crippen LogP) is 2.60. The molecule has 1 aromatic carbocycles. The lowest BCUT2D eigenvalue weighted by atomic mass is 10.2. The molecule has 1 aliphatic heterocycles. The summed E-state index contributed by atoms with van der Waals surface area (Å²) >= 11 is 1.29. The predicted molar refractivity (Wildman–Crippen MR) is 79.4 cm³/mol. The third-order valence-corrected chi connectivity index (χ3v) is 4.03. The van der Waals surface area contributed by atoms with Crippen LogP contribution >= 0.6 is 11.3 Å². The quantitative estimate of drug-likeness (QED) is 0.885. The number of amides is 2. The number of carbonyl (C=O) groups is 2.